The number of imidazole rings is 1. The average molecular weight is 377 g/mol. The summed E-state index contributed by atoms with van der Waals surface area (Å²) in [6.45, 7) is 8.81. The lowest BCUT2D eigenvalue weighted by Crippen LogP contribution is -2.38. The molecule has 0 spiro atoms. The lowest BCUT2D eigenvalue weighted by molar-refractivity contribution is -0.121. The number of hydrogen-bond donors (Lipinski definition) is 2. The van der Waals surface area contributed by atoms with Gasteiger partial charge in [0, 0.05) is 11.6 Å². The minimum Gasteiger partial charge on any atom is -0.341 e. The summed E-state index contributed by atoms with van der Waals surface area (Å²) in [6.07, 6.45) is 1.77. The van der Waals surface area contributed by atoms with Crippen LogP contribution in [0.1, 0.15) is 35.4 Å². The van der Waals surface area contributed by atoms with Gasteiger partial charge in [0.05, 0.1) is 17.6 Å². The van der Waals surface area contributed by atoms with E-state index in [2.05, 4.69) is 52.5 Å². The molecule has 1 saturated heterocycles. The molecule has 1 aliphatic heterocycles. The summed E-state index contributed by atoms with van der Waals surface area (Å²) in [6, 6.07) is 12.5. The molecule has 5 heteroatoms. The van der Waals surface area contributed by atoms with E-state index in [1.807, 2.05) is 19.9 Å². The molecule has 0 atom stereocenters. The highest BCUT2D eigenvalue weighted by molar-refractivity contribution is 5.93. The van der Waals surface area contributed by atoms with Crippen LogP contribution in [0.2, 0.25) is 0 Å². The van der Waals surface area contributed by atoms with Gasteiger partial charge in [-0.1, -0.05) is 18.2 Å². The van der Waals surface area contributed by atoms with Crippen molar-refractivity contribution in [2.75, 3.05) is 18.4 Å². The van der Waals surface area contributed by atoms with Crippen molar-refractivity contribution in [3.63, 3.8) is 0 Å². The van der Waals surface area contributed by atoms with Gasteiger partial charge in [-0.25, -0.2) is 4.98 Å². The number of nitrogens with zero attached hydrogens (tertiary/aromatic N) is 2. The van der Waals surface area contributed by atoms with Crippen LogP contribution in [0.5, 0.6) is 0 Å². The van der Waals surface area contributed by atoms with Gasteiger partial charge < -0.3 is 10.3 Å². The van der Waals surface area contributed by atoms with Gasteiger partial charge >= 0.3 is 0 Å². The van der Waals surface area contributed by atoms with Gasteiger partial charge in [-0.3, -0.25) is 9.69 Å². The van der Waals surface area contributed by atoms with Crippen molar-refractivity contribution < 1.29 is 4.79 Å². The fourth-order valence-corrected chi connectivity index (χ4v) is 3.92. The molecule has 1 amide bonds. The maximum absolute atomic E-state index is 12.7. The largest absolute Gasteiger partial charge is 0.341 e. The van der Waals surface area contributed by atoms with Crippen LogP contribution >= 0.6 is 0 Å². The van der Waals surface area contributed by atoms with E-state index in [4.69, 9.17) is 4.98 Å². The fourth-order valence-electron chi connectivity index (χ4n) is 3.92. The highest BCUT2D eigenvalue weighted by atomic mass is 16.1. The second-order valence-electron chi connectivity index (χ2n) is 8.06. The number of aryl methyl sites for hydroxylation is 3. The zero-order valence-electron chi connectivity index (χ0n) is 16.9. The SMILES string of the molecule is Cc1ccc(C)c(NC(=O)C2CCN(Cc3nc4ccc(C)cc4[nH]3)CC2)c1. The Balaban J connectivity index is 1.33. The van der Waals surface area contributed by atoms with Crippen LogP contribution in [-0.4, -0.2) is 33.9 Å². The van der Waals surface area contributed by atoms with Gasteiger partial charge in [-0.2, -0.15) is 0 Å². The van der Waals surface area contributed by atoms with Gasteiger partial charge in [-0.15, -0.1) is 0 Å². The Morgan fingerprint density at radius 2 is 1.82 bits per heavy atom. The first-order chi connectivity index (χ1) is 13.5. The second kappa shape index (κ2) is 7.76. The Labute approximate surface area is 166 Å². The molecule has 0 radical (unpaired) electrons. The molecule has 1 fully saturated rings. The van der Waals surface area contributed by atoms with Crippen LogP contribution in [0.4, 0.5) is 5.69 Å². The van der Waals surface area contributed by atoms with E-state index in [1.54, 1.807) is 0 Å². The first-order valence-electron chi connectivity index (χ1n) is 10.0. The number of likely N-dealkylation sites (tertiary alicyclic amines) is 1. The monoisotopic (exact) mass is 376 g/mol. The van der Waals surface area contributed by atoms with Crippen LogP contribution in [0.15, 0.2) is 36.4 Å². The smallest absolute Gasteiger partial charge is 0.227 e. The Bertz CT molecular complexity index is 999. The van der Waals surface area contributed by atoms with Crippen LogP contribution in [0, 0.1) is 26.7 Å². The third kappa shape index (κ3) is 4.09. The third-order valence-electron chi connectivity index (χ3n) is 5.67. The van der Waals surface area contributed by atoms with Crippen LogP contribution < -0.4 is 5.32 Å². The van der Waals surface area contributed by atoms with Crippen molar-refractivity contribution in [2.24, 2.45) is 5.92 Å². The molecule has 3 aromatic rings. The number of anilines is 1. The Kier molecular flexibility index (Phi) is 5.18. The Morgan fingerprint density at radius 1 is 1.11 bits per heavy atom. The lowest BCUT2D eigenvalue weighted by atomic mass is 9.95. The molecule has 5 nitrogen and oxygen atoms in total. The molecule has 4 rings (SSSR count). The molecule has 2 N–H and O–H groups in total. The molecule has 2 aromatic carbocycles. The third-order valence-corrected chi connectivity index (χ3v) is 5.67. The zero-order valence-corrected chi connectivity index (χ0v) is 16.9. The van der Waals surface area contributed by atoms with Crippen molar-refractivity contribution in [1.82, 2.24) is 14.9 Å². The molecule has 2 heterocycles. The van der Waals surface area contributed by atoms with Gasteiger partial charge in [0.2, 0.25) is 5.91 Å². The van der Waals surface area contributed by atoms with Crippen molar-refractivity contribution in [3.05, 3.63) is 58.9 Å². The normalized spacial score (nSPS) is 15.8. The summed E-state index contributed by atoms with van der Waals surface area (Å²) in [7, 11) is 0. The summed E-state index contributed by atoms with van der Waals surface area (Å²) in [5.74, 6) is 1.22. The van der Waals surface area contributed by atoms with E-state index in [0.29, 0.717) is 0 Å². The summed E-state index contributed by atoms with van der Waals surface area (Å²) in [5.41, 5.74) is 6.55. The predicted molar refractivity (Wildman–Crippen MR) is 113 cm³/mol. The second-order valence-corrected chi connectivity index (χ2v) is 8.06. The number of carbonyl (C=O) groups excluding carboxylic acids is 1. The van der Waals surface area contributed by atoms with E-state index < -0.39 is 0 Å². The number of hydrogen-bond acceptors (Lipinski definition) is 3. The molecule has 0 aliphatic carbocycles. The molecule has 146 valence electrons. The molecule has 28 heavy (non-hydrogen) atoms. The molecule has 0 unspecified atom stereocenters. The fraction of sp³-hybridized carbons (Fsp3) is 0.391. The molecular formula is C23H28N4O. The van der Waals surface area contributed by atoms with E-state index in [-0.39, 0.29) is 11.8 Å². The number of nitrogens with one attached hydrogen (secondary N) is 2. The molecular weight excluding hydrogens is 348 g/mol. The molecule has 1 aromatic heterocycles. The lowest BCUT2D eigenvalue weighted by Gasteiger charge is -2.30. The first kappa shape index (κ1) is 18.7. The van der Waals surface area contributed by atoms with E-state index in [0.717, 1.165) is 66.1 Å². The Morgan fingerprint density at radius 3 is 2.61 bits per heavy atom. The van der Waals surface area contributed by atoms with Crippen LogP contribution in [0.3, 0.4) is 0 Å². The Hall–Kier alpha value is -2.66. The summed E-state index contributed by atoms with van der Waals surface area (Å²) < 4.78 is 0. The minimum atomic E-state index is 0.0782. The summed E-state index contributed by atoms with van der Waals surface area (Å²) >= 11 is 0. The van der Waals surface area contributed by atoms with Crippen molar-refractivity contribution >= 4 is 22.6 Å². The summed E-state index contributed by atoms with van der Waals surface area (Å²) in [4.78, 5) is 23.2. The first-order valence-corrected chi connectivity index (χ1v) is 10.0. The van der Waals surface area contributed by atoms with Crippen molar-refractivity contribution in [1.29, 1.82) is 0 Å². The van der Waals surface area contributed by atoms with Gasteiger partial charge in [0.15, 0.2) is 0 Å². The number of H-pyrrole nitrogens is 1. The van der Waals surface area contributed by atoms with Gasteiger partial charge in [-0.05, 0) is 81.6 Å². The molecule has 0 saturated carbocycles. The topological polar surface area (TPSA) is 61.0 Å². The van der Waals surface area contributed by atoms with Crippen LogP contribution in [0.25, 0.3) is 11.0 Å². The highest BCUT2D eigenvalue weighted by Gasteiger charge is 2.25. The average Bonchev–Trinajstić information content (AvgIpc) is 3.06. The van der Waals surface area contributed by atoms with Gasteiger partial charge in [0.25, 0.3) is 0 Å². The maximum atomic E-state index is 12.7. The van der Waals surface area contributed by atoms with Crippen molar-refractivity contribution in [3.8, 4) is 0 Å². The standard InChI is InChI=1S/C23H28N4O/c1-15-4-6-17(3)20(12-15)26-23(28)18-8-10-27(11-9-18)14-22-24-19-7-5-16(2)13-21(19)25-22/h4-7,12-13,18H,8-11,14H2,1-3H3,(H,24,25)(H,26,28). The molecule has 0 bridgehead atoms. The zero-order chi connectivity index (χ0) is 19.7. The number of benzene rings is 2. The highest BCUT2D eigenvalue weighted by Crippen LogP contribution is 2.23. The van der Waals surface area contributed by atoms with Crippen molar-refractivity contribution in [2.45, 2.75) is 40.2 Å². The number of piperidine rings is 1. The number of amides is 1. The van der Waals surface area contributed by atoms with E-state index >= 15 is 0 Å². The number of aromatic nitrogens is 2. The predicted octanol–water partition coefficient (Wildman–Crippen LogP) is 4.34. The van der Waals surface area contributed by atoms with E-state index in [1.165, 1.54) is 5.56 Å². The minimum absolute atomic E-state index is 0.0782. The van der Waals surface area contributed by atoms with Crippen LogP contribution in [-0.2, 0) is 11.3 Å². The molecule has 1 aliphatic rings. The number of rotatable bonds is 4. The summed E-state index contributed by atoms with van der Waals surface area (Å²) in [5, 5.41) is 3.13. The van der Waals surface area contributed by atoms with E-state index in [9.17, 15) is 4.79 Å². The maximum Gasteiger partial charge on any atom is 0.227 e. The number of carbonyl (C=O) groups is 1. The number of fused-ring (bicyclic) bond motifs is 1. The quantitative estimate of drug-likeness (QED) is 0.712. The van der Waals surface area contributed by atoms with Gasteiger partial charge in [0.1, 0.15) is 5.82 Å². The number of aromatic amines is 1.